The molecular formula is C15H25N3O. The van der Waals surface area contributed by atoms with E-state index in [-0.39, 0.29) is 6.10 Å². The Labute approximate surface area is 116 Å². The van der Waals surface area contributed by atoms with E-state index in [2.05, 4.69) is 29.1 Å². The molecule has 1 aromatic heterocycles. The highest BCUT2D eigenvalue weighted by Crippen LogP contribution is 2.35. The SMILES string of the molecule is CCC1CCC(Nc2nccc(OC(C)C)n2)C1C. The molecule has 1 N–H and O–H groups in total. The van der Waals surface area contributed by atoms with Crippen molar-refractivity contribution < 1.29 is 4.74 Å². The van der Waals surface area contributed by atoms with Gasteiger partial charge in [-0.15, -0.1) is 0 Å². The van der Waals surface area contributed by atoms with Gasteiger partial charge in [0.1, 0.15) is 0 Å². The maximum absolute atomic E-state index is 5.60. The maximum Gasteiger partial charge on any atom is 0.226 e. The van der Waals surface area contributed by atoms with Crippen LogP contribution in [0.5, 0.6) is 5.88 Å². The number of aromatic nitrogens is 2. The number of nitrogens with one attached hydrogen (secondary N) is 1. The fourth-order valence-electron chi connectivity index (χ4n) is 2.91. The van der Waals surface area contributed by atoms with Gasteiger partial charge in [-0.1, -0.05) is 20.3 Å². The van der Waals surface area contributed by atoms with Gasteiger partial charge in [0.05, 0.1) is 6.10 Å². The molecule has 0 spiro atoms. The summed E-state index contributed by atoms with van der Waals surface area (Å²) in [6.07, 6.45) is 5.66. The summed E-state index contributed by atoms with van der Waals surface area (Å²) in [5.41, 5.74) is 0. The first-order valence-corrected chi connectivity index (χ1v) is 7.36. The normalized spacial score (nSPS) is 26.7. The van der Waals surface area contributed by atoms with Crippen LogP contribution < -0.4 is 10.1 Å². The van der Waals surface area contributed by atoms with Gasteiger partial charge < -0.3 is 10.1 Å². The van der Waals surface area contributed by atoms with Gasteiger partial charge in [-0.3, -0.25) is 0 Å². The highest BCUT2D eigenvalue weighted by Gasteiger charge is 2.31. The van der Waals surface area contributed by atoms with Crippen LogP contribution >= 0.6 is 0 Å². The fourth-order valence-corrected chi connectivity index (χ4v) is 2.91. The van der Waals surface area contributed by atoms with E-state index in [0.717, 1.165) is 5.92 Å². The number of anilines is 1. The molecular weight excluding hydrogens is 238 g/mol. The first kappa shape index (κ1) is 14.1. The summed E-state index contributed by atoms with van der Waals surface area (Å²) in [5, 5.41) is 3.47. The number of ether oxygens (including phenoxy) is 1. The third kappa shape index (κ3) is 3.58. The van der Waals surface area contributed by atoms with Crippen LogP contribution in [-0.2, 0) is 0 Å². The Bertz CT molecular complexity index is 408. The minimum Gasteiger partial charge on any atom is -0.475 e. The third-order valence-corrected chi connectivity index (χ3v) is 4.05. The van der Waals surface area contributed by atoms with Crippen LogP contribution in [0.25, 0.3) is 0 Å². The van der Waals surface area contributed by atoms with Crippen molar-refractivity contribution in [2.75, 3.05) is 5.32 Å². The summed E-state index contributed by atoms with van der Waals surface area (Å²) in [7, 11) is 0. The largest absolute Gasteiger partial charge is 0.475 e. The Balaban J connectivity index is 1.99. The van der Waals surface area contributed by atoms with E-state index >= 15 is 0 Å². The molecule has 19 heavy (non-hydrogen) atoms. The average Bonchev–Trinajstić information content (AvgIpc) is 2.70. The van der Waals surface area contributed by atoms with Gasteiger partial charge in [0.25, 0.3) is 0 Å². The molecule has 0 saturated heterocycles. The minimum absolute atomic E-state index is 0.137. The van der Waals surface area contributed by atoms with Crippen molar-refractivity contribution in [2.24, 2.45) is 11.8 Å². The van der Waals surface area contributed by atoms with Crippen molar-refractivity contribution in [3.63, 3.8) is 0 Å². The Kier molecular flexibility index (Phi) is 4.61. The molecule has 3 atom stereocenters. The standard InChI is InChI=1S/C15H25N3O/c1-5-12-6-7-13(11(12)4)17-15-16-9-8-14(18-15)19-10(2)3/h8-13H,5-7H2,1-4H3,(H,16,17,18). The molecule has 0 radical (unpaired) electrons. The number of hydrogen-bond donors (Lipinski definition) is 1. The molecule has 106 valence electrons. The predicted molar refractivity (Wildman–Crippen MR) is 77.4 cm³/mol. The second-order valence-electron chi connectivity index (χ2n) is 5.74. The van der Waals surface area contributed by atoms with Crippen molar-refractivity contribution >= 4 is 5.95 Å². The average molecular weight is 263 g/mol. The van der Waals surface area contributed by atoms with Crippen LogP contribution in [-0.4, -0.2) is 22.1 Å². The Hall–Kier alpha value is -1.32. The summed E-state index contributed by atoms with van der Waals surface area (Å²) in [6.45, 7) is 8.60. The fraction of sp³-hybridized carbons (Fsp3) is 0.733. The lowest BCUT2D eigenvalue weighted by atomic mass is 9.94. The van der Waals surface area contributed by atoms with Crippen molar-refractivity contribution in [3.05, 3.63) is 12.3 Å². The Morgan fingerprint density at radius 2 is 2.21 bits per heavy atom. The molecule has 0 aliphatic heterocycles. The number of rotatable bonds is 5. The van der Waals surface area contributed by atoms with Gasteiger partial charge in [0.15, 0.2) is 0 Å². The lowest BCUT2D eigenvalue weighted by molar-refractivity contribution is 0.232. The number of nitrogens with zero attached hydrogens (tertiary/aromatic N) is 2. The molecule has 1 aliphatic carbocycles. The van der Waals surface area contributed by atoms with Crippen LogP contribution in [0, 0.1) is 11.8 Å². The quantitative estimate of drug-likeness (QED) is 0.883. The van der Waals surface area contributed by atoms with E-state index in [9.17, 15) is 0 Å². The maximum atomic E-state index is 5.60. The number of hydrogen-bond acceptors (Lipinski definition) is 4. The Morgan fingerprint density at radius 1 is 1.42 bits per heavy atom. The summed E-state index contributed by atoms with van der Waals surface area (Å²) in [4.78, 5) is 8.71. The summed E-state index contributed by atoms with van der Waals surface area (Å²) in [5.74, 6) is 2.84. The van der Waals surface area contributed by atoms with Crippen LogP contribution in [0.15, 0.2) is 12.3 Å². The van der Waals surface area contributed by atoms with Crippen molar-refractivity contribution in [1.82, 2.24) is 9.97 Å². The van der Waals surface area contributed by atoms with Gasteiger partial charge in [0.2, 0.25) is 11.8 Å². The van der Waals surface area contributed by atoms with Gasteiger partial charge in [-0.05, 0) is 38.5 Å². The predicted octanol–water partition coefficient (Wildman–Crippen LogP) is 3.50. The zero-order chi connectivity index (χ0) is 13.8. The highest BCUT2D eigenvalue weighted by atomic mass is 16.5. The molecule has 1 aliphatic rings. The van der Waals surface area contributed by atoms with E-state index in [1.54, 1.807) is 12.3 Å². The van der Waals surface area contributed by atoms with E-state index in [0.29, 0.717) is 23.8 Å². The smallest absolute Gasteiger partial charge is 0.226 e. The molecule has 1 saturated carbocycles. The summed E-state index contributed by atoms with van der Waals surface area (Å²) >= 11 is 0. The monoisotopic (exact) mass is 263 g/mol. The van der Waals surface area contributed by atoms with E-state index in [1.165, 1.54) is 19.3 Å². The van der Waals surface area contributed by atoms with Crippen LogP contribution in [0.4, 0.5) is 5.95 Å². The van der Waals surface area contributed by atoms with Gasteiger partial charge in [0, 0.05) is 18.3 Å². The lowest BCUT2D eigenvalue weighted by Crippen LogP contribution is -2.25. The molecule has 1 aromatic rings. The van der Waals surface area contributed by atoms with Crippen LogP contribution in [0.2, 0.25) is 0 Å². The first-order valence-electron chi connectivity index (χ1n) is 7.36. The van der Waals surface area contributed by atoms with E-state index in [4.69, 9.17) is 4.74 Å². The molecule has 2 rings (SSSR count). The van der Waals surface area contributed by atoms with Crippen LogP contribution in [0.3, 0.4) is 0 Å². The second kappa shape index (κ2) is 6.22. The molecule has 0 amide bonds. The Morgan fingerprint density at radius 3 is 2.84 bits per heavy atom. The van der Waals surface area contributed by atoms with E-state index in [1.807, 2.05) is 13.8 Å². The molecule has 3 unspecified atom stereocenters. The minimum atomic E-state index is 0.137. The molecule has 4 heteroatoms. The third-order valence-electron chi connectivity index (χ3n) is 4.05. The molecule has 4 nitrogen and oxygen atoms in total. The summed E-state index contributed by atoms with van der Waals surface area (Å²) < 4.78 is 5.60. The van der Waals surface area contributed by atoms with Crippen molar-refractivity contribution in [1.29, 1.82) is 0 Å². The van der Waals surface area contributed by atoms with Gasteiger partial charge in [-0.2, -0.15) is 4.98 Å². The molecule has 1 fully saturated rings. The lowest BCUT2D eigenvalue weighted by Gasteiger charge is -2.21. The van der Waals surface area contributed by atoms with Crippen molar-refractivity contribution in [2.45, 2.75) is 59.1 Å². The van der Waals surface area contributed by atoms with Gasteiger partial charge >= 0.3 is 0 Å². The van der Waals surface area contributed by atoms with Crippen molar-refractivity contribution in [3.8, 4) is 5.88 Å². The van der Waals surface area contributed by atoms with E-state index < -0.39 is 0 Å². The zero-order valence-electron chi connectivity index (χ0n) is 12.4. The molecule has 1 heterocycles. The first-order chi connectivity index (χ1) is 9.10. The summed E-state index contributed by atoms with van der Waals surface area (Å²) in [6, 6.07) is 2.29. The molecule has 0 aromatic carbocycles. The topological polar surface area (TPSA) is 47.0 Å². The second-order valence-corrected chi connectivity index (χ2v) is 5.74. The van der Waals surface area contributed by atoms with Crippen LogP contribution in [0.1, 0.15) is 47.0 Å². The molecule has 0 bridgehead atoms. The zero-order valence-corrected chi connectivity index (χ0v) is 12.4. The van der Waals surface area contributed by atoms with Gasteiger partial charge in [-0.25, -0.2) is 4.98 Å². The highest BCUT2D eigenvalue weighted by molar-refractivity contribution is 5.29.